The summed E-state index contributed by atoms with van der Waals surface area (Å²) in [5, 5.41) is 14.7. The van der Waals surface area contributed by atoms with E-state index in [1.807, 2.05) is 6.92 Å². The first kappa shape index (κ1) is 13.6. The van der Waals surface area contributed by atoms with Crippen molar-refractivity contribution in [2.24, 2.45) is 21.9 Å². The normalized spacial score (nSPS) is 18.5. The molecule has 0 bridgehead atoms. The second-order valence-corrected chi connectivity index (χ2v) is 6.27. The van der Waals surface area contributed by atoms with Gasteiger partial charge in [0.1, 0.15) is 16.4 Å². The molecule has 0 aromatic carbocycles. The van der Waals surface area contributed by atoms with Gasteiger partial charge in [0.25, 0.3) is 0 Å². The molecule has 0 amide bonds. The van der Waals surface area contributed by atoms with Crippen LogP contribution < -0.4 is 5.84 Å². The van der Waals surface area contributed by atoms with E-state index in [1.54, 1.807) is 6.21 Å². The van der Waals surface area contributed by atoms with Crippen LogP contribution in [-0.4, -0.2) is 28.6 Å². The molecule has 3 N–H and O–H groups in total. The number of thiazole rings is 1. The lowest BCUT2D eigenvalue weighted by Gasteiger charge is -2.07. The molecule has 0 saturated heterocycles. The predicted molar refractivity (Wildman–Crippen MR) is 77.2 cm³/mol. The largest absolute Gasteiger partial charge is 0.381 e. The molecule has 1 aromatic rings. The monoisotopic (exact) mass is 330 g/mol. The first-order valence-corrected chi connectivity index (χ1v) is 7.31. The van der Waals surface area contributed by atoms with Crippen molar-refractivity contribution in [2.75, 3.05) is 6.54 Å². The molecule has 7 heteroatoms. The van der Waals surface area contributed by atoms with Crippen molar-refractivity contribution < 1.29 is 5.11 Å². The number of nitrogens with zero attached hydrogens (tertiary/aromatic N) is 3. The molecular formula is C11H15BrN4OS. The molecule has 1 saturated carbocycles. The molecule has 1 fully saturated rings. The van der Waals surface area contributed by atoms with Gasteiger partial charge in [-0.1, -0.05) is 0 Å². The fraction of sp³-hybridized carbons (Fsp3) is 0.545. The van der Waals surface area contributed by atoms with Gasteiger partial charge in [-0.2, -0.15) is 5.10 Å². The molecule has 0 spiro atoms. The second-order valence-electron chi connectivity index (χ2n) is 4.28. The number of aliphatic hydroxyl groups excluding tert-OH is 1. The highest BCUT2D eigenvalue weighted by Gasteiger charge is 2.22. The quantitative estimate of drug-likeness (QED) is 0.492. The number of nitrogens with two attached hydrogens (primary N) is 1. The molecule has 5 nitrogen and oxygen atoms in total. The second kappa shape index (κ2) is 5.90. The molecule has 98 valence electrons. The van der Waals surface area contributed by atoms with Crippen molar-refractivity contribution in [3.8, 4) is 0 Å². The zero-order chi connectivity index (χ0) is 13.1. The van der Waals surface area contributed by atoms with Gasteiger partial charge in [0.2, 0.25) is 0 Å². The molecule has 1 aliphatic carbocycles. The van der Waals surface area contributed by atoms with Crippen LogP contribution in [0.4, 0.5) is 0 Å². The molecule has 1 heterocycles. The minimum Gasteiger partial charge on any atom is -0.381 e. The Bertz CT molecular complexity index is 481. The van der Waals surface area contributed by atoms with Crippen LogP contribution in [0.3, 0.4) is 0 Å². The molecule has 1 atom stereocenters. The van der Waals surface area contributed by atoms with Gasteiger partial charge in [-0.3, -0.25) is 4.99 Å². The molecule has 0 radical (unpaired) electrons. The van der Waals surface area contributed by atoms with Crippen molar-refractivity contribution in [3.63, 3.8) is 0 Å². The van der Waals surface area contributed by atoms with E-state index in [2.05, 4.69) is 31.0 Å². The SMILES string of the molecule is Cc1nc(Br)c(C(O)C(C=NCC2CC2)=NN)s1. The maximum Gasteiger partial charge on any atom is 0.136 e. The Hall–Kier alpha value is -0.790. The Balaban J connectivity index is 2.06. The van der Waals surface area contributed by atoms with Crippen LogP contribution >= 0.6 is 27.3 Å². The standard InChI is InChI=1S/C11H15BrN4OS/c1-6-15-11(12)10(18-6)9(17)8(16-13)5-14-4-7-2-3-7/h5,7,9,17H,2-4,13H2,1H3. The average molecular weight is 331 g/mol. The third-order valence-electron chi connectivity index (χ3n) is 2.68. The van der Waals surface area contributed by atoms with Crippen LogP contribution in [0.25, 0.3) is 0 Å². The van der Waals surface area contributed by atoms with E-state index >= 15 is 0 Å². The predicted octanol–water partition coefficient (Wildman–Crippen LogP) is 2.04. The highest BCUT2D eigenvalue weighted by molar-refractivity contribution is 9.10. The fourth-order valence-corrected chi connectivity index (χ4v) is 3.15. The van der Waals surface area contributed by atoms with Crippen LogP contribution in [0.1, 0.15) is 28.8 Å². The Morgan fingerprint density at radius 2 is 2.44 bits per heavy atom. The topological polar surface area (TPSA) is 83.9 Å². The number of aromatic nitrogens is 1. The summed E-state index contributed by atoms with van der Waals surface area (Å²) in [5.41, 5.74) is 0.361. The van der Waals surface area contributed by atoms with Crippen LogP contribution in [0.5, 0.6) is 0 Å². The van der Waals surface area contributed by atoms with E-state index in [0.717, 1.165) is 11.6 Å². The van der Waals surface area contributed by atoms with Gasteiger partial charge in [-0.05, 0) is 41.6 Å². The van der Waals surface area contributed by atoms with Gasteiger partial charge in [-0.25, -0.2) is 4.98 Å². The molecular weight excluding hydrogens is 316 g/mol. The maximum absolute atomic E-state index is 10.2. The van der Waals surface area contributed by atoms with Crippen molar-refractivity contribution in [1.29, 1.82) is 0 Å². The summed E-state index contributed by atoms with van der Waals surface area (Å²) in [6, 6.07) is 0. The minimum absolute atomic E-state index is 0.361. The number of hydrogen-bond acceptors (Lipinski definition) is 6. The molecule has 18 heavy (non-hydrogen) atoms. The van der Waals surface area contributed by atoms with Gasteiger partial charge >= 0.3 is 0 Å². The Morgan fingerprint density at radius 1 is 1.72 bits per heavy atom. The van der Waals surface area contributed by atoms with E-state index in [0.29, 0.717) is 21.1 Å². The lowest BCUT2D eigenvalue weighted by Crippen LogP contribution is -2.15. The number of aliphatic imine (C=N–C) groups is 1. The zero-order valence-corrected chi connectivity index (χ0v) is 12.4. The van der Waals surface area contributed by atoms with Crippen molar-refractivity contribution >= 4 is 39.2 Å². The van der Waals surface area contributed by atoms with Crippen molar-refractivity contribution in [1.82, 2.24) is 4.98 Å². The summed E-state index contributed by atoms with van der Waals surface area (Å²) in [7, 11) is 0. The number of hydrogen-bond donors (Lipinski definition) is 2. The van der Waals surface area contributed by atoms with Gasteiger partial charge in [0.05, 0.1) is 9.88 Å². The lowest BCUT2D eigenvalue weighted by molar-refractivity contribution is 0.252. The minimum atomic E-state index is -0.876. The van der Waals surface area contributed by atoms with Gasteiger partial charge in [0.15, 0.2) is 0 Å². The molecule has 2 rings (SSSR count). The highest BCUT2D eigenvalue weighted by Crippen LogP contribution is 2.30. The molecule has 1 aromatic heterocycles. The smallest absolute Gasteiger partial charge is 0.136 e. The molecule has 1 unspecified atom stereocenters. The van der Waals surface area contributed by atoms with Crippen LogP contribution in [0.2, 0.25) is 0 Å². The van der Waals surface area contributed by atoms with E-state index in [4.69, 9.17) is 5.84 Å². The first-order chi connectivity index (χ1) is 8.61. The average Bonchev–Trinajstić information content (AvgIpc) is 3.09. The van der Waals surface area contributed by atoms with E-state index < -0.39 is 6.10 Å². The van der Waals surface area contributed by atoms with Crippen LogP contribution in [0, 0.1) is 12.8 Å². The van der Waals surface area contributed by atoms with E-state index in [9.17, 15) is 5.11 Å². The Labute approximate surface area is 118 Å². The number of rotatable bonds is 5. The van der Waals surface area contributed by atoms with E-state index in [1.165, 1.54) is 24.2 Å². The Morgan fingerprint density at radius 3 is 2.94 bits per heavy atom. The lowest BCUT2D eigenvalue weighted by atomic mass is 10.2. The van der Waals surface area contributed by atoms with Gasteiger partial charge < -0.3 is 10.9 Å². The molecule has 0 aliphatic heterocycles. The Kier molecular flexibility index (Phi) is 4.47. The van der Waals surface area contributed by atoms with Crippen LogP contribution in [0.15, 0.2) is 14.7 Å². The third-order valence-corrected chi connectivity index (χ3v) is 4.57. The first-order valence-electron chi connectivity index (χ1n) is 5.70. The summed E-state index contributed by atoms with van der Waals surface area (Å²) in [6.45, 7) is 2.67. The third kappa shape index (κ3) is 3.37. The van der Waals surface area contributed by atoms with E-state index in [-0.39, 0.29) is 0 Å². The number of hydrazone groups is 1. The zero-order valence-electron chi connectivity index (χ0n) is 10.0. The van der Waals surface area contributed by atoms with Crippen molar-refractivity contribution in [2.45, 2.75) is 25.9 Å². The van der Waals surface area contributed by atoms with Crippen LogP contribution in [-0.2, 0) is 0 Å². The van der Waals surface area contributed by atoms with Gasteiger partial charge in [0, 0.05) is 12.8 Å². The summed E-state index contributed by atoms with van der Waals surface area (Å²) >= 11 is 4.73. The molecule has 1 aliphatic rings. The fourth-order valence-electron chi connectivity index (χ4n) is 1.49. The summed E-state index contributed by atoms with van der Waals surface area (Å²) in [4.78, 5) is 9.17. The summed E-state index contributed by atoms with van der Waals surface area (Å²) < 4.78 is 0.634. The summed E-state index contributed by atoms with van der Waals surface area (Å²) in [5.74, 6) is 6.01. The maximum atomic E-state index is 10.2. The highest BCUT2D eigenvalue weighted by atomic mass is 79.9. The van der Waals surface area contributed by atoms with Crippen molar-refractivity contribution in [3.05, 3.63) is 14.5 Å². The summed E-state index contributed by atoms with van der Waals surface area (Å²) in [6.07, 6.45) is 3.17. The number of aryl methyl sites for hydroxylation is 1. The number of aliphatic hydroxyl groups is 1. The number of halogens is 1. The van der Waals surface area contributed by atoms with Gasteiger partial charge in [-0.15, -0.1) is 11.3 Å².